The second-order valence-electron chi connectivity index (χ2n) is 18.4. The fraction of sp³-hybridized carbons (Fsp3) is 0.873. The van der Waals surface area contributed by atoms with Crippen LogP contribution in [-0.2, 0) is 4.79 Å². The van der Waals surface area contributed by atoms with Crippen LogP contribution in [0, 0.1) is 0 Å². The van der Waals surface area contributed by atoms with Crippen LogP contribution in [-0.4, -0.2) is 46.1 Å². The molecule has 0 aliphatic heterocycles. The monoisotopic (exact) mass is 844 g/mol. The highest BCUT2D eigenvalue weighted by Crippen LogP contribution is 2.16. The van der Waals surface area contributed by atoms with Gasteiger partial charge >= 0.3 is 0 Å². The number of unbranched alkanes of at least 4 members (excludes halogenated alkanes) is 37. The summed E-state index contributed by atoms with van der Waals surface area (Å²) in [6.45, 7) is 4.20. The molecule has 0 saturated heterocycles. The predicted molar refractivity (Wildman–Crippen MR) is 264 cm³/mol. The summed E-state index contributed by atoms with van der Waals surface area (Å²) in [5, 5.41) is 33.3. The van der Waals surface area contributed by atoms with E-state index in [0.717, 1.165) is 38.5 Å². The van der Waals surface area contributed by atoms with Crippen molar-refractivity contribution in [2.75, 3.05) is 6.61 Å². The van der Waals surface area contributed by atoms with Crippen molar-refractivity contribution in [3.63, 3.8) is 0 Å². The summed E-state index contributed by atoms with van der Waals surface area (Å²) in [5.74, 6) is -0.511. The van der Waals surface area contributed by atoms with Crippen LogP contribution in [0.1, 0.15) is 284 Å². The van der Waals surface area contributed by atoms with Gasteiger partial charge in [0.25, 0.3) is 0 Å². The minimum absolute atomic E-state index is 0.375. The lowest BCUT2D eigenvalue weighted by Gasteiger charge is -2.21. The van der Waals surface area contributed by atoms with Gasteiger partial charge in [-0.25, -0.2) is 0 Å². The molecule has 3 unspecified atom stereocenters. The molecule has 1 amide bonds. The molecule has 5 nitrogen and oxygen atoms in total. The Labute approximate surface area is 374 Å². The van der Waals surface area contributed by atoms with Crippen LogP contribution in [0.4, 0.5) is 0 Å². The van der Waals surface area contributed by atoms with Crippen molar-refractivity contribution in [2.45, 2.75) is 302 Å². The van der Waals surface area contributed by atoms with E-state index >= 15 is 0 Å². The normalized spacial score (nSPS) is 13.6. The van der Waals surface area contributed by atoms with E-state index in [-0.39, 0.29) is 6.61 Å². The Balaban J connectivity index is 3.61. The maximum Gasteiger partial charge on any atom is 0.249 e. The highest BCUT2D eigenvalue weighted by molar-refractivity contribution is 5.80. The predicted octanol–water partition coefficient (Wildman–Crippen LogP) is 16.3. The number of amides is 1. The highest BCUT2D eigenvalue weighted by atomic mass is 16.3. The van der Waals surface area contributed by atoms with Crippen molar-refractivity contribution in [1.82, 2.24) is 5.32 Å². The molecule has 0 saturated carbocycles. The molecule has 0 aliphatic rings. The largest absolute Gasteiger partial charge is 0.394 e. The first-order valence-electron chi connectivity index (χ1n) is 26.8. The van der Waals surface area contributed by atoms with Gasteiger partial charge in [0, 0.05) is 0 Å². The van der Waals surface area contributed by atoms with Crippen LogP contribution >= 0.6 is 0 Å². The van der Waals surface area contributed by atoms with Crippen LogP contribution in [0.3, 0.4) is 0 Å². The average molecular weight is 844 g/mol. The van der Waals surface area contributed by atoms with Crippen LogP contribution < -0.4 is 5.32 Å². The van der Waals surface area contributed by atoms with Gasteiger partial charge in [-0.05, 0) is 57.8 Å². The minimum Gasteiger partial charge on any atom is -0.394 e. The molecule has 0 heterocycles. The first-order valence-corrected chi connectivity index (χ1v) is 26.8. The van der Waals surface area contributed by atoms with Gasteiger partial charge in [0.15, 0.2) is 0 Å². The number of carbonyl (C=O) groups is 1. The topological polar surface area (TPSA) is 89.8 Å². The summed E-state index contributed by atoms with van der Waals surface area (Å²) in [7, 11) is 0. The first-order chi connectivity index (χ1) is 29.6. The molecule has 0 aliphatic carbocycles. The van der Waals surface area contributed by atoms with Crippen molar-refractivity contribution < 1.29 is 20.1 Å². The van der Waals surface area contributed by atoms with Crippen molar-refractivity contribution >= 4 is 5.91 Å². The van der Waals surface area contributed by atoms with Gasteiger partial charge in [0.05, 0.1) is 18.8 Å². The molecule has 0 bridgehead atoms. The summed E-state index contributed by atoms with van der Waals surface area (Å²) >= 11 is 0. The molecule has 354 valence electrons. The molecular formula is C55H105NO4. The van der Waals surface area contributed by atoms with Gasteiger partial charge in [-0.3, -0.25) is 4.79 Å². The molecule has 0 aromatic heterocycles. The summed E-state index contributed by atoms with van der Waals surface area (Å²) < 4.78 is 0. The van der Waals surface area contributed by atoms with E-state index in [1.165, 1.54) is 225 Å². The number of aliphatic hydroxyl groups excluding tert-OH is 3. The van der Waals surface area contributed by atoms with Gasteiger partial charge in [0.1, 0.15) is 6.10 Å². The van der Waals surface area contributed by atoms with E-state index < -0.39 is 24.2 Å². The SMILES string of the molecule is CCCCCCCCCCCCCC/C=C\CCCCCCCCCCCCCC(O)C(=O)NC(CO)C(O)/C=C/CC/C=C/CCCCCCCCCCCCCCC. The van der Waals surface area contributed by atoms with Gasteiger partial charge in [0.2, 0.25) is 5.91 Å². The number of nitrogens with one attached hydrogen (secondary N) is 1. The van der Waals surface area contributed by atoms with Crippen molar-refractivity contribution in [2.24, 2.45) is 0 Å². The van der Waals surface area contributed by atoms with E-state index in [2.05, 4.69) is 43.5 Å². The quantitative estimate of drug-likeness (QED) is 0.0363. The maximum atomic E-state index is 12.5. The Hall–Kier alpha value is -1.43. The standard InChI is InChI=1S/C55H105NO4/c1-3-5-7-9-11-13-15-17-19-21-23-24-25-26-27-28-29-30-32-34-36-38-40-42-44-46-48-50-54(59)55(60)56-52(51-57)53(58)49-47-45-43-41-39-37-35-33-31-22-20-18-16-14-12-10-8-6-4-2/h26-27,39,41,47,49,52-54,57-59H,3-25,28-38,40,42-46,48,50-51H2,1-2H3,(H,56,60)/b27-26-,41-39+,49-47+. The smallest absolute Gasteiger partial charge is 0.249 e. The zero-order valence-electron chi connectivity index (χ0n) is 40.4. The number of rotatable bonds is 49. The molecular weight excluding hydrogens is 739 g/mol. The Bertz CT molecular complexity index is 931. The Morgan fingerprint density at radius 2 is 0.683 bits per heavy atom. The molecule has 0 fully saturated rings. The molecule has 0 aromatic carbocycles. The molecule has 4 N–H and O–H groups in total. The van der Waals surface area contributed by atoms with E-state index in [4.69, 9.17) is 0 Å². The molecule has 0 rings (SSSR count). The van der Waals surface area contributed by atoms with E-state index in [0.29, 0.717) is 6.42 Å². The highest BCUT2D eigenvalue weighted by Gasteiger charge is 2.22. The third kappa shape index (κ3) is 44.6. The average Bonchev–Trinajstić information content (AvgIpc) is 3.25. The van der Waals surface area contributed by atoms with Crippen LogP contribution in [0.25, 0.3) is 0 Å². The van der Waals surface area contributed by atoms with Gasteiger partial charge < -0.3 is 20.6 Å². The summed E-state index contributed by atoms with van der Waals surface area (Å²) in [6, 6.07) is -0.815. The van der Waals surface area contributed by atoms with Crippen molar-refractivity contribution in [3.05, 3.63) is 36.5 Å². The molecule has 0 aromatic rings. The molecule has 0 radical (unpaired) electrons. The molecule has 0 spiro atoms. The van der Waals surface area contributed by atoms with Crippen molar-refractivity contribution in [1.29, 1.82) is 0 Å². The zero-order valence-corrected chi connectivity index (χ0v) is 40.4. The summed E-state index contributed by atoms with van der Waals surface area (Å²) in [5.41, 5.74) is 0. The van der Waals surface area contributed by atoms with E-state index in [9.17, 15) is 20.1 Å². The van der Waals surface area contributed by atoms with Gasteiger partial charge in [-0.1, -0.05) is 262 Å². The van der Waals surface area contributed by atoms with Crippen LogP contribution in [0.15, 0.2) is 36.5 Å². The molecule has 3 atom stereocenters. The fourth-order valence-corrected chi connectivity index (χ4v) is 8.26. The minimum atomic E-state index is -1.11. The summed E-state index contributed by atoms with van der Waals surface area (Å²) in [6.07, 6.45) is 65.0. The summed E-state index contributed by atoms with van der Waals surface area (Å²) in [4.78, 5) is 12.5. The number of hydrogen-bond acceptors (Lipinski definition) is 4. The lowest BCUT2D eigenvalue weighted by molar-refractivity contribution is -0.131. The van der Waals surface area contributed by atoms with Gasteiger partial charge in [-0.2, -0.15) is 0 Å². The van der Waals surface area contributed by atoms with Crippen molar-refractivity contribution in [3.8, 4) is 0 Å². The molecule has 60 heavy (non-hydrogen) atoms. The van der Waals surface area contributed by atoms with Crippen LogP contribution in [0.2, 0.25) is 0 Å². The lowest BCUT2D eigenvalue weighted by atomic mass is 10.0. The number of allylic oxidation sites excluding steroid dienone is 5. The number of carbonyl (C=O) groups excluding carboxylic acids is 1. The van der Waals surface area contributed by atoms with Gasteiger partial charge in [-0.15, -0.1) is 0 Å². The Morgan fingerprint density at radius 1 is 0.400 bits per heavy atom. The Kier molecular flexibility index (Phi) is 49.0. The second kappa shape index (κ2) is 50.2. The third-order valence-electron chi connectivity index (χ3n) is 12.5. The number of aliphatic hydroxyl groups is 3. The van der Waals surface area contributed by atoms with E-state index in [1.54, 1.807) is 6.08 Å². The fourth-order valence-electron chi connectivity index (χ4n) is 8.26. The zero-order chi connectivity index (χ0) is 43.7. The third-order valence-corrected chi connectivity index (χ3v) is 12.5. The second-order valence-corrected chi connectivity index (χ2v) is 18.4. The number of hydrogen-bond donors (Lipinski definition) is 4. The van der Waals surface area contributed by atoms with E-state index in [1.807, 2.05) is 6.08 Å². The first kappa shape index (κ1) is 58.6. The molecule has 5 heteroatoms. The lowest BCUT2D eigenvalue weighted by Crippen LogP contribution is -2.48. The van der Waals surface area contributed by atoms with Crippen LogP contribution in [0.5, 0.6) is 0 Å². The maximum absolute atomic E-state index is 12.5. The Morgan fingerprint density at radius 3 is 1.02 bits per heavy atom.